The summed E-state index contributed by atoms with van der Waals surface area (Å²) in [5.41, 5.74) is 4.40. The molecule has 156 valence electrons. The number of carbonyl (C=O) groups excluding carboxylic acids is 1. The van der Waals surface area contributed by atoms with E-state index in [1.54, 1.807) is 0 Å². The molecule has 2 aromatic carbocycles. The second-order valence-electron chi connectivity index (χ2n) is 8.39. The van der Waals surface area contributed by atoms with E-state index in [-0.39, 0.29) is 12.0 Å². The summed E-state index contributed by atoms with van der Waals surface area (Å²) in [6.07, 6.45) is 4.48. The third-order valence-corrected chi connectivity index (χ3v) is 5.65. The van der Waals surface area contributed by atoms with Crippen molar-refractivity contribution in [3.63, 3.8) is 0 Å². The number of amides is 1. The summed E-state index contributed by atoms with van der Waals surface area (Å²) in [5, 5.41) is 0. The minimum Gasteiger partial charge on any atom is -0.374 e. The fourth-order valence-corrected chi connectivity index (χ4v) is 4.29. The average Bonchev–Trinajstić information content (AvgIpc) is 2.94. The fourth-order valence-electron chi connectivity index (χ4n) is 4.29. The fraction of sp³-hybridized carbons (Fsp3) is 0.346. The van der Waals surface area contributed by atoms with Gasteiger partial charge >= 0.3 is 0 Å². The van der Waals surface area contributed by atoms with E-state index in [0.717, 1.165) is 22.4 Å². The van der Waals surface area contributed by atoms with Crippen LogP contribution in [0.25, 0.3) is 0 Å². The van der Waals surface area contributed by atoms with Crippen LogP contribution in [0.15, 0.2) is 77.9 Å². The normalized spacial score (nSPS) is 22.8. The Morgan fingerprint density at radius 3 is 2.67 bits per heavy atom. The number of anilines is 1. The van der Waals surface area contributed by atoms with Crippen molar-refractivity contribution in [2.24, 2.45) is 0 Å². The van der Waals surface area contributed by atoms with Gasteiger partial charge in [-0.15, -0.1) is 0 Å². The highest BCUT2D eigenvalue weighted by atomic mass is 16.6. The summed E-state index contributed by atoms with van der Waals surface area (Å²) in [7, 11) is 0. The lowest BCUT2D eigenvalue weighted by molar-refractivity contribution is -0.156. The standard InChI is InChI=1S/C26H29NO3/c1-19(2)13-14-27-24-12-8-7-11-23(24)26(25(27)28)16-20(3)15-22(30-26)18-29-17-21-9-5-4-6-10-21/h4-13,15,22H,14,16-18H2,1-3H3. The molecule has 2 unspecified atom stereocenters. The Hall–Kier alpha value is -2.69. The maximum atomic E-state index is 13.6. The van der Waals surface area contributed by atoms with Gasteiger partial charge in [-0.05, 0) is 32.4 Å². The van der Waals surface area contributed by atoms with Crippen LogP contribution >= 0.6 is 0 Å². The Bertz CT molecular complexity index is 975. The van der Waals surface area contributed by atoms with Crippen LogP contribution in [0.2, 0.25) is 0 Å². The van der Waals surface area contributed by atoms with Crippen molar-refractivity contribution >= 4 is 11.6 Å². The van der Waals surface area contributed by atoms with Gasteiger partial charge in [-0.1, -0.05) is 71.8 Å². The van der Waals surface area contributed by atoms with Crippen molar-refractivity contribution in [3.05, 3.63) is 89.0 Å². The molecule has 1 amide bonds. The molecule has 0 fully saturated rings. The Kier molecular flexibility index (Phi) is 5.89. The van der Waals surface area contributed by atoms with Crippen LogP contribution in [0.3, 0.4) is 0 Å². The second kappa shape index (κ2) is 8.58. The lowest BCUT2D eigenvalue weighted by Crippen LogP contribution is -2.47. The van der Waals surface area contributed by atoms with Crippen molar-refractivity contribution in [3.8, 4) is 0 Å². The SMILES string of the molecule is CC(C)=CCN1C(=O)C2(CC(C)=CC(COCc3ccccc3)O2)c2ccccc21. The minimum atomic E-state index is -0.967. The van der Waals surface area contributed by atoms with E-state index in [1.165, 1.54) is 5.57 Å². The largest absolute Gasteiger partial charge is 0.374 e. The van der Waals surface area contributed by atoms with Gasteiger partial charge in [0.05, 0.1) is 18.9 Å². The van der Waals surface area contributed by atoms with Gasteiger partial charge in [0.15, 0.2) is 5.60 Å². The van der Waals surface area contributed by atoms with Gasteiger partial charge in [-0.25, -0.2) is 0 Å². The average molecular weight is 404 g/mol. The van der Waals surface area contributed by atoms with E-state index in [0.29, 0.717) is 26.2 Å². The molecule has 30 heavy (non-hydrogen) atoms. The number of ether oxygens (including phenoxy) is 2. The highest BCUT2D eigenvalue weighted by Gasteiger charge is 2.54. The van der Waals surface area contributed by atoms with Crippen molar-refractivity contribution in [2.75, 3.05) is 18.1 Å². The second-order valence-corrected chi connectivity index (χ2v) is 8.39. The number of nitrogens with zero attached hydrogens (tertiary/aromatic N) is 1. The number of fused-ring (bicyclic) bond motifs is 2. The molecule has 0 saturated heterocycles. The van der Waals surface area contributed by atoms with Crippen molar-refractivity contribution < 1.29 is 14.3 Å². The van der Waals surface area contributed by atoms with Gasteiger partial charge in [0.25, 0.3) is 5.91 Å². The first-order valence-corrected chi connectivity index (χ1v) is 10.5. The van der Waals surface area contributed by atoms with Crippen molar-refractivity contribution in [1.29, 1.82) is 0 Å². The maximum Gasteiger partial charge on any atom is 0.264 e. The van der Waals surface area contributed by atoms with E-state index in [1.807, 2.05) is 73.3 Å². The summed E-state index contributed by atoms with van der Waals surface area (Å²) in [6.45, 7) is 7.66. The first kappa shape index (κ1) is 20.6. The summed E-state index contributed by atoms with van der Waals surface area (Å²) in [5.74, 6) is 0.0155. The van der Waals surface area contributed by atoms with Gasteiger partial charge in [0, 0.05) is 18.5 Å². The molecule has 2 aromatic rings. The van der Waals surface area contributed by atoms with Gasteiger partial charge < -0.3 is 14.4 Å². The number of rotatable bonds is 6. The molecular formula is C26H29NO3. The first-order chi connectivity index (χ1) is 14.5. The number of carbonyl (C=O) groups is 1. The van der Waals surface area contributed by atoms with Crippen LogP contribution in [-0.2, 0) is 26.5 Å². The molecular weight excluding hydrogens is 374 g/mol. The molecule has 4 nitrogen and oxygen atoms in total. The van der Waals surface area contributed by atoms with Gasteiger partial charge in [0.2, 0.25) is 0 Å². The highest BCUT2D eigenvalue weighted by molar-refractivity contribution is 6.07. The molecule has 4 rings (SSSR count). The Morgan fingerprint density at radius 2 is 1.90 bits per heavy atom. The van der Waals surface area contributed by atoms with E-state index in [2.05, 4.69) is 19.1 Å². The predicted octanol–water partition coefficient (Wildman–Crippen LogP) is 5.15. The number of para-hydroxylation sites is 1. The predicted molar refractivity (Wildman–Crippen MR) is 119 cm³/mol. The molecule has 0 radical (unpaired) electrons. The molecule has 0 N–H and O–H groups in total. The molecule has 0 saturated carbocycles. The van der Waals surface area contributed by atoms with E-state index >= 15 is 0 Å². The molecule has 2 heterocycles. The molecule has 4 heteroatoms. The quantitative estimate of drug-likeness (QED) is 0.627. The summed E-state index contributed by atoms with van der Waals surface area (Å²) in [6, 6.07) is 18.1. The number of hydrogen-bond donors (Lipinski definition) is 0. The molecule has 2 aliphatic rings. The third kappa shape index (κ3) is 3.98. The van der Waals surface area contributed by atoms with E-state index < -0.39 is 5.60 Å². The molecule has 0 bridgehead atoms. The lowest BCUT2D eigenvalue weighted by Gasteiger charge is -2.36. The number of hydrogen-bond acceptors (Lipinski definition) is 3. The first-order valence-electron chi connectivity index (χ1n) is 10.5. The number of benzene rings is 2. The van der Waals surface area contributed by atoms with Crippen molar-refractivity contribution in [1.82, 2.24) is 0 Å². The molecule has 2 atom stereocenters. The zero-order valence-corrected chi connectivity index (χ0v) is 17.9. The van der Waals surface area contributed by atoms with Crippen LogP contribution < -0.4 is 4.90 Å². The molecule has 0 aliphatic carbocycles. The van der Waals surface area contributed by atoms with Crippen LogP contribution in [0.5, 0.6) is 0 Å². The third-order valence-electron chi connectivity index (χ3n) is 5.65. The molecule has 2 aliphatic heterocycles. The monoisotopic (exact) mass is 403 g/mol. The van der Waals surface area contributed by atoms with Gasteiger partial charge in [-0.3, -0.25) is 4.79 Å². The van der Waals surface area contributed by atoms with E-state index in [4.69, 9.17) is 9.47 Å². The van der Waals surface area contributed by atoms with E-state index in [9.17, 15) is 4.79 Å². The summed E-state index contributed by atoms with van der Waals surface area (Å²) >= 11 is 0. The van der Waals surface area contributed by atoms with Crippen molar-refractivity contribution in [2.45, 2.75) is 45.5 Å². The van der Waals surface area contributed by atoms with Crippen LogP contribution in [0.4, 0.5) is 5.69 Å². The minimum absolute atomic E-state index is 0.0155. The van der Waals surface area contributed by atoms with Crippen LogP contribution in [-0.4, -0.2) is 25.2 Å². The topological polar surface area (TPSA) is 38.8 Å². The Balaban J connectivity index is 1.56. The zero-order valence-electron chi connectivity index (χ0n) is 17.9. The Morgan fingerprint density at radius 1 is 1.17 bits per heavy atom. The summed E-state index contributed by atoms with van der Waals surface area (Å²) < 4.78 is 12.4. The van der Waals surface area contributed by atoms with Gasteiger partial charge in [0.1, 0.15) is 6.10 Å². The number of allylic oxidation sites excluding steroid dienone is 1. The maximum absolute atomic E-state index is 13.6. The van der Waals surface area contributed by atoms with Crippen LogP contribution in [0.1, 0.15) is 38.3 Å². The Labute approximate surface area is 178 Å². The highest BCUT2D eigenvalue weighted by Crippen LogP contribution is 2.48. The molecule has 1 spiro atoms. The van der Waals surface area contributed by atoms with Crippen LogP contribution in [0, 0.1) is 0 Å². The van der Waals surface area contributed by atoms with Gasteiger partial charge in [-0.2, -0.15) is 0 Å². The lowest BCUT2D eigenvalue weighted by atomic mass is 9.85. The zero-order chi connectivity index (χ0) is 21.1. The smallest absolute Gasteiger partial charge is 0.264 e. The summed E-state index contributed by atoms with van der Waals surface area (Å²) in [4.78, 5) is 15.5. The molecule has 0 aromatic heterocycles.